The molecule has 3 N–H and O–H groups in total. The van der Waals surface area contributed by atoms with Gasteiger partial charge in [0.1, 0.15) is 11.9 Å². The van der Waals surface area contributed by atoms with Crippen molar-refractivity contribution in [2.45, 2.75) is 18.6 Å². The highest BCUT2D eigenvalue weighted by molar-refractivity contribution is 5.77. The molecule has 0 aromatic heterocycles. The first-order valence-electron chi connectivity index (χ1n) is 5.36. The van der Waals surface area contributed by atoms with E-state index in [1.54, 1.807) is 7.05 Å². The highest BCUT2D eigenvalue weighted by Crippen LogP contribution is 2.23. The minimum atomic E-state index is -1.26. The van der Waals surface area contributed by atoms with E-state index in [-0.39, 0.29) is 11.1 Å². The van der Waals surface area contributed by atoms with Gasteiger partial charge in [-0.15, -0.1) is 0 Å². The summed E-state index contributed by atoms with van der Waals surface area (Å²) in [6.07, 6.45) is -1.65. The lowest BCUT2D eigenvalue weighted by Crippen LogP contribution is -2.24. The summed E-state index contributed by atoms with van der Waals surface area (Å²) in [6.45, 7) is 0.518. The summed E-state index contributed by atoms with van der Waals surface area (Å²) in [5, 5.41) is 22.4. The van der Waals surface area contributed by atoms with Crippen molar-refractivity contribution in [3.05, 3.63) is 35.1 Å². The molecule has 0 heterocycles. The Hall–Kier alpha value is -1.30. The second-order valence-electron chi connectivity index (χ2n) is 3.77. The first-order chi connectivity index (χ1) is 8.11. The van der Waals surface area contributed by atoms with Crippen molar-refractivity contribution in [2.75, 3.05) is 13.6 Å². The predicted octanol–water partition coefficient (Wildman–Crippen LogP) is 0.642. The zero-order chi connectivity index (χ0) is 12.8. The van der Waals surface area contributed by atoms with Crippen molar-refractivity contribution in [1.29, 1.82) is 0 Å². The number of hydrogen-bond acceptors (Lipinski definition) is 4. The van der Waals surface area contributed by atoms with Crippen molar-refractivity contribution in [3.63, 3.8) is 0 Å². The summed E-state index contributed by atoms with van der Waals surface area (Å²) >= 11 is 0. The molecule has 0 fully saturated rings. The van der Waals surface area contributed by atoms with Crippen LogP contribution in [0.2, 0.25) is 0 Å². The quantitative estimate of drug-likeness (QED) is 0.639. The van der Waals surface area contributed by atoms with Crippen LogP contribution < -0.4 is 5.32 Å². The van der Waals surface area contributed by atoms with E-state index in [2.05, 4.69) is 5.32 Å². The highest BCUT2D eigenvalue weighted by Gasteiger charge is 2.22. The molecule has 0 radical (unpaired) electrons. The standard InChI is InChI=1S/C12H16FNO3/c1-14-6-5-11(16)12(17)8-3-2-4-10(13)9(8)7-15/h2-4,7,11-12,14,16-17H,5-6H2,1H3. The van der Waals surface area contributed by atoms with Crippen LogP contribution in [0.25, 0.3) is 0 Å². The minimum Gasteiger partial charge on any atom is -0.390 e. The van der Waals surface area contributed by atoms with Crippen LogP contribution in [0.15, 0.2) is 18.2 Å². The van der Waals surface area contributed by atoms with Crippen LogP contribution in [0, 0.1) is 5.82 Å². The fourth-order valence-corrected chi connectivity index (χ4v) is 1.59. The van der Waals surface area contributed by atoms with Gasteiger partial charge in [-0.05, 0) is 31.6 Å². The first-order valence-corrected chi connectivity index (χ1v) is 5.36. The van der Waals surface area contributed by atoms with Gasteiger partial charge in [0.15, 0.2) is 6.29 Å². The molecule has 5 heteroatoms. The normalized spacial score (nSPS) is 14.4. The van der Waals surface area contributed by atoms with Gasteiger partial charge in [-0.1, -0.05) is 12.1 Å². The topological polar surface area (TPSA) is 69.6 Å². The molecule has 1 aromatic rings. The molecule has 0 saturated carbocycles. The van der Waals surface area contributed by atoms with E-state index in [4.69, 9.17) is 0 Å². The van der Waals surface area contributed by atoms with Crippen LogP contribution in [0.3, 0.4) is 0 Å². The summed E-state index contributed by atoms with van der Waals surface area (Å²) in [5.74, 6) is -0.697. The van der Waals surface area contributed by atoms with Crippen molar-refractivity contribution in [1.82, 2.24) is 5.32 Å². The maximum atomic E-state index is 13.3. The SMILES string of the molecule is CNCCC(O)C(O)c1cccc(F)c1C=O. The lowest BCUT2D eigenvalue weighted by atomic mass is 9.97. The summed E-state index contributed by atoms with van der Waals surface area (Å²) in [6, 6.07) is 3.96. The molecule has 0 aliphatic heterocycles. The Balaban J connectivity index is 2.91. The molecule has 0 bridgehead atoms. The van der Waals surface area contributed by atoms with Gasteiger partial charge < -0.3 is 15.5 Å². The molecule has 2 unspecified atom stereocenters. The average Bonchev–Trinajstić information content (AvgIpc) is 2.34. The number of aldehydes is 1. The Kier molecular flexibility index (Phi) is 5.21. The average molecular weight is 241 g/mol. The van der Waals surface area contributed by atoms with Crippen molar-refractivity contribution in [3.8, 4) is 0 Å². The smallest absolute Gasteiger partial charge is 0.153 e. The zero-order valence-corrected chi connectivity index (χ0v) is 9.56. The predicted molar refractivity (Wildman–Crippen MR) is 61.3 cm³/mol. The first kappa shape index (κ1) is 13.8. The largest absolute Gasteiger partial charge is 0.390 e. The van der Waals surface area contributed by atoms with Gasteiger partial charge in [-0.25, -0.2) is 4.39 Å². The van der Waals surface area contributed by atoms with Crippen molar-refractivity contribution < 1.29 is 19.4 Å². The second-order valence-corrected chi connectivity index (χ2v) is 3.77. The van der Waals surface area contributed by atoms with E-state index in [9.17, 15) is 19.4 Å². The van der Waals surface area contributed by atoms with E-state index in [1.807, 2.05) is 0 Å². The molecule has 1 rings (SSSR count). The number of nitrogens with one attached hydrogen (secondary N) is 1. The number of carbonyl (C=O) groups excluding carboxylic acids is 1. The van der Waals surface area contributed by atoms with E-state index in [0.717, 1.165) is 6.07 Å². The maximum Gasteiger partial charge on any atom is 0.153 e. The Morgan fingerprint density at radius 3 is 2.76 bits per heavy atom. The van der Waals surface area contributed by atoms with Crippen molar-refractivity contribution in [2.24, 2.45) is 0 Å². The summed E-state index contributed by atoms with van der Waals surface area (Å²) < 4.78 is 13.3. The third-order valence-electron chi connectivity index (χ3n) is 2.58. The van der Waals surface area contributed by atoms with E-state index in [0.29, 0.717) is 19.3 Å². The summed E-state index contributed by atoms with van der Waals surface area (Å²) in [4.78, 5) is 10.7. The van der Waals surface area contributed by atoms with Gasteiger partial charge >= 0.3 is 0 Å². The van der Waals surface area contributed by atoms with Crippen LogP contribution >= 0.6 is 0 Å². The summed E-state index contributed by atoms with van der Waals surface area (Å²) in [5.41, 5.74) is -0.0906. The van der Waals surface area contributed by atoms with Gasteiger partial charge in [-0.3, -0.25) is 4.79 Å². The monoisotopic (exact) mass is 241 g/mol. The number of benzene rings is 1. The van der Waals surface area contributed by atoms with Crippen LogP contribution in [0.5, 0.6) is 0 Å². The molecule has 0 spiro atoms. The van der Waals surface area contributed by atoms with Gasteiger partial charge in [0, 0.05) is 0 Å². The molecular weight excluding hydrogens is 225 g/mol. The Morgan fingerprint density at radius 1 is 1.47 bits per heavy atom. The number of aliphatic hydroxyl groups is 2. The number of hydrogen-bond donors (Lipinski definition) is 3. The third kappa shape index (κ3) is 3.33. The molecule has 0 saturated heterocycles. The molecular formula is C12H16FNO3. The molecule has 2 atom stereocenters. The summed E-state index contributed by atoms with van der Waals surface area (Å²) in [7, 11) is 1.72. The van der Waals surface area contributed by atoms with Crippen LogP contribution in [-0.4, -0.2) is 36.2 Å². The lowest BCUT2D eigenvalue weighted by molar-refractivity contribution is 0.0135. The highest BCUT2D eigenvalue weighted by atomic mass is 19.1. The van der Waals surface area contributed by atoms with E-state index >= 15 is 0 Å². The Labute approximate surface area is 99.1 Å². The maximum absolute atomic E-state index is 13.3. The van der Waals surface area contributed by atoms with Gasteiger partial charge in [0.25, 0.3) is 0 Å². The Morgan fingerprint density at radius 2 is 2.18 bits per heavy atom. The second kappa shape index (κ2) is 6.44. The fraction of sp³-hybridized carbons (Fsp3) is 0.417. The zero-order valence-electron chi connectivity index (χ0n) is 9.56. The van der Waals surface area contributed by atoms with Crippen LogP contribution in [0.4, 0.5) is 4.39 Å². The fourth-order valence-electron chi connectivity index (χ4n) is 1.59. The van der Waals surface area contributed by atoms with E-state index in [1.165, 1.54) is 12.1 Å². The number of aliphatic hydroxyl groups excluding tert-OH is 2. The van der Waals surface area contributed by atoms with E-state index < -0.39 is 18.0 Å². The number of halogens is 1. The van der Waals surface area contributed by atoms with Crippen LogP contribution in [0.1, 0.15) is 28.4 Å². The van der Waals surface area contributed by atoms with Crippen molar-refractivity contribution >= 4 is 6.29 Å². The minimum absolute atomic E-state index is 0.114. The van der Waals surface area contributed by atoms with Gasteiger partial charge in [0.2, 0.25) is 0 Å². The molecule has 0 aliphatic carbocycles. The molecule has 0 aliphatic rings. The molecule has 94 valence electrons. The number of carbonyl (C=O) groups is 1. The lowest BCUT2D eigenvalue weighted by Gasteiger charge is -2.19. The Bertz CT molecular complexity index is 384. The molecule has 17 heavy (non-hydrogen) atoms. The number of rotatable bonds is 6. The third-order valence-corrected chi connectivity index (χ3v) is 2.58. The van der Waals surface area contributed by atoms with Crippen LogP contribution in [-0.2, 0) is 0 Å². The molecule has 0 amide bonds. The van der Waals surface area contributed by atoms with Gasteiger partial charge in [0.05, 0.1) is 11.7 Å². The molecule has 1 aromatic carbocycles. The molecule has 4 nitrogen and oxygen atoms in total. The van der Waals surface area contributed by atoms with Gasteiger partial charge in [-0.2, -0.15) is 0 Å².